The van der Waals surface area contributed by atoms with Crippen LogP contribution < -0.4 is 10.6 Å². The standard InChI is InChI=1S/C29H30F4N8O3/c1-2-3-21-23(24(39-38-21)29(31,32)33)22-16-35-25(37-22)26(42)36-15-17-4-5-19(20(30)14-17)28(44)41-12-10-40(11-13-41)27(43)18-6-8-34-9-7-18/h1,4-5,14,16,18,34H,3,6-13,15H2,(H,35,37)(H,36,42)(H,38,39). The largest absolute Gasteiger partial charge is 0.435 e. The molecule has 2 aliphatic heterocycles. The van der Waals surface area contributed by atoms with Crippen molar-refractivity contribution in [2.24, 2.45) is 5.92 Å². The number of aromatic nitrogens is 4. The molecule has 3 aromatic rings. The number of piperidine rings is 1. The number of halogens is 4. The van der Waals surface area contributed by atoms with Crippen LogP contribution in [0.1, 0.15) is 50.8 Å². The van der Waals surface area contributed by atoms with E-state index in [4.69, 9.17) is 6.42 Å². The fourth-order valence-corrected chi connectivity index (χ4v) is 5.40. The molecule has 0 bridgehead atoms. The molecule has 2 fully saturated rings. The number of nitrogens with zero attached hydrogens (tertiary/aromatic N) is 4. The second-order valence-corrected chi connectivity index (χ2v) is 10.6. The van der Waals surface area contributed by atoms with E-state index in [-0.39, 0.29) is 53.1 Å². The van der Waals surface area contributed by atoms with E-state index in [1.807, 2.05) is 0 Å². The molecule has 232 valence electrons. The van der Waals surface area contributed by atoms with E-state index >= 15 is 0 Å². The quantitative estimate of drug-likeness (QED) is 0.238. The zero-order valence-corrected chi connectivity index (χ0v) is 23.6. The SMILES string of the molecule is C#CCc1[nH]nc(C(F)(F)F)c1-c1cnc(C(=O)NCc2ccc(C(=O)N3CCN(C(=O)C4CCNCC4)CC3)c(F)c2)[nH]1. The Morgan fingerprint density at radius 3 is 2.45 bits per heavy atom. The molecule has 0 aliphatic carbocycles. The molecule has 4 N–H and O–H groups in total. The van der Waals surface area contributed by atoms with E-state index in [9.17, 15) is 31.9 Å². The summed E-state index contributed by atoms with van der Waals surface area (Å²) < 4.78 is 55.4. The van der Waals surface area contributed by atoms with Gasteiger partial charge in [0.25, 0.3) is 11.8 Å². The molecule has 1 aromatic carbocycles. The highest BCUT2D eigenvalue weighted by Crippen LogP contribution is 2.37. The third-order valence-electron chi connectivity index (χ3n) is 7.73. The first-order chi connectivity index (χ1) is 21.1. The van der Waals surface area contributed by atoms with Gasteiger partial charge in [0.1, 0.15) is 5.82 Å². The molecule has 2 saturated heterocycles. The molecule has 3 amide bonds. The molecule has 2 aromatic heterocycles. The molecule has 44 heavy (non-hydrogen) atoms. The molecule has 11 nitrogen and oxygen atoms in total. The van der Waals surface area contributed by atoms with Gasteiger partial charge in [-0.15, -0.1) is 12.3 Å². The number of hydrogen-bond donors (Lipinski definition) is 4. The second-order valence-electron chi connectivity index (χ2n) is 10.6. The normalized spacial score (nSPS) is 16.1. The monoisotopic (exact) mass is 614 g/mol. The lowest BCUT2D eigenvalue weighted by Gasteiger charge is -2.37. The highest BCUT2D eigenvalue weighted by Gasteiger charge is 2.39. The van der Waals surface area contributed by atoms with E-state index < -0.39 is 29.5 Å². The Morgan fingerprint density at radius 1 is 1.09 bits per heavy atom. The van der Waals surface area contributed by atoms with Crippen molar-refractivity contribution in [1.82, 2.24) is 40.6 Å². The van der Waals surface area contributed by atoms with Crippen LogP contribution in [0, 0.1) is 24.1 Å². The van der Waals surface area contributed by atoms with Crippen LogP contribution >= 0.6 is 0 Å². The van der Waals surface area contributed by atoms with Gasteiger partial charge in [0.05, 0.1) is 35.1 Å². The maximum absolute atomic E-state index is 15.0. The van der Waals surface area contributed by atoms with Gasteiger partial charge in [-0.25, -0.2) is 9.37 Å². The van der Waals surface area contributed by atoms with Gasteiger partial charge in [-0.05, 0) is 43.6 Å². The smallest absolute Gasteiger partial charge is 0.345 e. The number of terminal acetylenes is 1. The summed E-state index contributed by atoms with van der Waals surface area (Å²) >= 11 is 0. The zero-order chi connectivity index (χ0) is 31.4. The number of carbonyl (C=O) groups is 3. The number of nitrogens with one attached hydrogen (secondary N) is 4. The van der Waals surface area contributed by atoms with Gasteiger partial charge >= 0.3 is 6.18 Å². The Labute approximate surface area is 249 Å². The molecule has 5 rings (SSSR count). The first-order valence-electron chi connectivity index (χ1n) is 14.1. The molecule has 0 radical (unpaired) electrons. The average molecular weight is 615 g/mol. The Morgan fingerprint density at radius 2 is 1.80 bits per heavy atom. The van der Waals surface area contributed by atoms with Gasteiger partial charge in [0.15, 0.2) is 11.5 Å². The maximum Gasteiger partial charge on any atom is 0.435 e. The molecule has 0 atom stereocenters. The Hall–Kier alpha value is -4.71. The topological polar surface area (TPSA) is 139 Å². The number of benzene rings is 1. The van der Waals surface area contributed by atoms with Gasteiger partial charge in [-0.1, -0.05) is 6.07 Å². The molecule has 0 saturated carbocycles. The number of aromatic amines is 2. The van der Waals surface area contributed by atoms with Crippen LogP contribution in [0.5, 0.6) is 0 Å². The van der Waals surface area contributed by atoms with Gasteiger partial charge < -0.3 is 25.4 Å². The second kappa shape index (κ2) is 12.9. The van der Waals surface area contributed by atoms with Crippen LogP contribution in [0.15, 0.2) is 24.4 Å². The summed E-state index contributed by atoms with van der Waals surface area (Å²) in [6.45, 7) is 2.85. The lowest BCUT2D eigenvalue weighted by molar-refractivity contribution is -0.140. The van der Waals surface area contributed by atoms with E-state index in [1.165, 1.54) is 17.0 Å². The van der Waals surface area contributed by atoms with E-state index in [1.54, 1.807) is 4.90 Å². The van der Waals surface area contributed by atoms with Crippen molar-refractivity contribution in [3.05, 3.63) is 58.6 Å². The number of carbonyl (C=O) groups excluding carboxylic acids is 3. The highest BCUT2D eigenvalue weighted by atomic mass is 19.4. The minimum Gasteiger partial charge on any atom is -0.345 e. The third kappa shape index (κ3) is 6.60. The number of amides is 3. The van der Waals surface area contributed by atoms with Gasteiger partial charge in [0.2, 0.25) is 5.91 Å². The van der Waals surface area contributed by atoms with Crippen molar-refractivity contribution in [1.29, 1.82) is 0 Å². The van der Waals surface area contributed by atoms with E-state index in [0.717, 1.165) is 38.2 Å². The summed E-state index contributed by atoms with van der Waals surface area (Å²) in [5.41, 5.74) is -1.38. The summed E-state index contributed by atoms with van der Waals surface area (Å²) in [6.07, 6.45) is 2.98. The average Bonchev–Trinajstić information content (AvgIpc) is 3.68. The van der Waals surface area contributed by atoms with Crippen LogP contribution in [0.2, 0.25) is 0 Å². The number of piperazine rings is 1. The predicted octanol–water partition coefficient (Wildman–Crippen LogP) is 2.35. The van der Waals surface area contributed by atoms with Crippen LogP contribution in [0.25, 0.3) is 11.3 Å². The van der Waals surface area contributed by atoms with Crippen molar-refractivity contribution < 1.29 is 31.9 Å². The molecule has 0 unspecified atom stereocenters. The molecule has 0 spiro atoms. The number of alkyl halides is 3. The van der Waals surface area contributed by atoms with Crippen molar-refractivity contribution in [2.75, 3.05) is 39.3 Å². The number of imidazole rings is 1. The number of hydrogen-bond acceptors (Lipinski definition) is 6. The molecular formula is C29H30F4N8O3. The summed E-state index contributed by atoms with van der Waals surface area (Å²) in [5, 5.41) is 11.4. The summed E-state index contributed by atoms with van der Waals surface area (Å²) in [7, 11) is 0. The van der Waals surface area contributed by atoms with Crippen molar-refractivity contribution in [3.8, 4) is 23.6 Å². The van der Waals surface area contributed by atoms with Gasteiger partial charge in [-0.3, -0.25) is 19.5 Å². The first-order valence-corrected chi connectivity index (χ1v) is 14.1. The summed E-state index contributed by atoms with van der Waals surface area (Å²) in [5.74, 6) is 0.0706. The lowest BCUT2D eigenvalue weighted by Crippen LogP contribution is -2.52. The minimum atomic E-state index is -4.77. The molecule has 15 heteroatoms. The van der Waals surface area contributed by atoms with Crippen LogP contribution in [0.4, 0.5) is 17.6 Å². The zero-order valence-electron chi connectivity index (χ0n) is 23.6. The van der Waals surface area contributed by atoms with Crippen LogP contribution in [-0.2, 0) is 23.9 Å². The Kier molecular flexibility index (Phi) is 9.00. The van der Waals surface area contributed by atoms with Gasteiger partial charge in [0, 0.05) is 38.6 Å². The minimum absolute atomic E-state index is 0.00996. The predicted molar refractivity (Wildman–Crippen MR) is 149 cm³/mol. The van der Waals surface area contributed by atoms with E-state index in [2.05, 4.69) is 36.7 Å². The number of rotatable bonds is 7. The Balaban J connectivity index is 1.17. The Bertz CT molecular complexity index is 1580. The van der Waals surface area contributed by atoms with Crippen LogP contribution in [0.3, 0.4) is 0 Å². The van der Waals surface area contributed by atoms with Crippen molar-refractivity contribution in [2.45, 2.75) is 32.0 Å². The van der Waals surface area contributed by atoms with Crippen LogP contribution in [-0.4, -0.2) is 87.0 Å². The summed E-state index contributed by atoms with van der Waals surface area (Å²) in [4.78, 5) is 48.2. The van der Waals surface area contributed by atoms with Gasteiger partial charge in [-0.2, -0.15) is 18.3 Å². The van der Waals surface area contributed by atoms with Crippen molar-refractivity contribution >= 4 is 17.7 Å². The maximum atomic E-state index is 15.0. The molecule has 4 heterocycles. The van der Waals surface area contributed by atoms with E-state index in [0.29, 0.717) is 31.7 Å². The highest BCUT2D eigenvalue weighted by molar-refractivity contribution is 5.95. The molecular weight excluding hydrogens is 584 g/mol. The first kappa shape index (κ1) is 30.7. The fraction of sp³-hybridized carbons (Fsp3) is 0.414. The number of H-pyrrole nitrogens is 2. The van der Waals surface area contributed by atoms with Crippen molar-refractivity contribution in [3.63, 3.8) is 0 Å². The molecule has 2 aliphatic rings. The fourth-order valence-electron chi connectivity index (χ4n) is 5.40. The third-order valence-corrected chi connectivity index (χ3v) is 7.73. The summed E-state index contributed by atoms with van der Waals surface area (Å²) in [6, 6.07) is 3.96. The lowest BCUT2D eigenvalue weighted by atomic mass is 9.96.